The Kier molecular flexibility index (Phi) is 4.24. The number of nitro benzene ring substituents is 1. The first kappa shape index (κ1) is 15.4. The summed E-state index contributed by atoms with van der Waals surface area (Å²) < 4.78 is 10.5. The van der Waals surface area contributed by atoms with Crippen LogP contribution in [0.2, 0.25) is 0 Å². The average Bonchev–Trinajstić information content (AvgIpc) is 3.05. The monoisotopic (exact) mass is 318 g/mol. The molecule has 0 spiro atoms. The second kappa shape index (κ2) is 6.33. The van der Waals surface area contributed by atoms with Crippen LogP contribution in [-0.4, -0.2) is 41.4 Å². The molecule has 2 heterocycles. The van der Waals surface area contributed by atoms with E-state index in [0.717, 1.165) is 0 Å². The van der Waals surface area contributed by atoms with Gasteiger partial charge in [0.15, 0.2) is 5.82 Å². The van der Waals surface area contributed by atoms with E-state index in [2.05, 4.69) is 10.1 Å². The number of nitro groups is 1. The third-order valence-electron chi connectivity index (χ3n) is 3.73. The molecule has 1 aliphatic heterocycles. The first-order chi connectivity index (χ1) is 11.1. The fourth-order valence-electron chi connectivity index (χ4n) is 2.46. The van der Waals surface area contributed by atoms with Crippen molar-refractivity contribution >= 4 is 11.4 Å². The average molecular weight is 318 g/mol. The lowest BCUT2D eigenvalue weighted by molar-refractivity contribution is -0.384. The van der Waals surface area contributed by atoms with E-state index in [4.69, 9.17) is 9.26 Å². The zero-order valence-corrected chi connectivity index (χ0v) is 13.1. The van der Waals surface area contributed by atoms with Gasteiger partial charge in [-0.2, -0.15) is 4.98 Å². The highest BCUT2D eigenvalue weighted by atomic mass is 16.6. The zero-order chi connectivity index (χ0) is 16.4. The SMILES string of the molecule is CC(C)c1noc(-c2ccc(N3CCOCC3)c([N+](=O)[O-])c2)n1. The highest BCUT2D eigenvalue weighted by Gasteiger charge is 2.23. The van der Waals surface area contributed by atoms with Crippen molar-refractivity contribution in [3.8, 4) is 11.5 Å². The lowest BCUT2D eigenvalue weighted by atomic mass is 10.1. The maximum atomic E-state index is 11.4. The molecule has 1 fully saturated rings. The van der Waals surface area contributed by atoms with Crippen LogP contribution in [0.4, 0.5) is 11.4 Å². The summed E-state index contributed by atoms with van der Waals surface area (Å²) in [4.78, 5) is 17.3. The molecule has 3 rings (SSSR count). The minimum Gasteiger partial charge on any atom is -0.378 e. The third kappa shape index (κ3) is 3.16. The first-order valence-electron chi connectivity index (χ1n) is 7.51. The zero-order valence-electron chi connectivity index (χ0n) is 13.1. The van der Waals surface area contributed by atoms with E-state index in [-0.39, 0.29) is 16.5 Å². The van der Waals surface area contributed by atoms with Gasteiger partial charge in [-0.15, -0.1) is 0 Å². The predicted octanol–water partition coefficient (Wildman–Crippen LogP) is 2.60. The number of ether oxygens (including phenoxy) is 1. The summed E-state index contributed by atoms with van der Waals surface area (Å²) in [6.45, 7) is 6.33. The fraction of sp³-hybridized carbons (Fsp3) is 0.467. The summed E-state index contributed by atoms with van der Waals surface area (Å²) in [5.74, 6) is 1.01. The highest BCUT2D eigenvalue weighted by Crippen LogP contribution is 2.33. The predicted molar refractivity (Wildman–Crippen MR) is 83.5 cm³/mol. The Hall–Kier alpha value is -2.48. The molecule has 0 N–H and O–H groups in total. The van der Waals surface area contributed by atoms with Gasteiger partial charge >= 0.3 is 0 Å². The van der Waals surface area contributed by atoms with Gasteiger partial charge in [-0.3, -0.25) is 10.1 Å². The molecule has 0 aliphatic carbocycles. The van der Waals surface area contributed by atoms with E-state index in [1.54, 1.807) is 12.1 Å². The summed E-state index contributed by atoms with van der Waals surface area (Å²) in [7, 11) is 0. The Balaban J connectivity index is 1.96. The molecule has 0 saturated carbocycles. The molecule has 1 aromatic carbocycles. The number of anilines is 1. The quantitative estimate of drug-likeness (QED) is 0.631. The minimum atomic E-state index is -0.381. The third-order valence-corrected chi connectivity index (χ3v) is 3.73. The van der Waals surface area contributed by atoms with Crippen LogP contribution in [0.3, 0.4) is 0 Å². The van der Waals surface area contributed by atoms with Gasteiger partial charge in [-0.1, -0.05) is 19.0 Å². The van der Waals surface area contributed by atoms with Gasteiger partial charge in [0.25, 0.3) is 11.6 Å². The molecular formula is C15H18N4O4. The van der Waals surface area contributed by atoms with Crippen molar-refractivity contribution in [2.24, 2.45) is 0 Å². The summed E-state index contributed by atoms with van der Waals surface area (Å²) >= 11 is 0. The molecule has 0 radical (unpaired) electrons. The van der Waals surface area contributed by atoms with Gasteiger partial charge in [-0.05, 0) is 12.1 Å². The molecule has 2 aromatic rings. The van der Waals surface area contributed by atoms with Crippen LogP contribution in [0.1, 0.15) is 25.6 Å². The van der Waals surface area contributed by atoms with E-state index in [9.17, 15) is 10.1 Å². The largest absolute Gasteiger partial charge is 0.378 e. The molecule has 1 aromatic heterocycles. The van der Waals surface area contributed by atoms with Gasteiger partial charge in [0.05, 0.1) is 18.1 Å². The summed E-state index contributed by atoms with van der Waals surface area (Å²) in [5.41, 5.74) is 1.17. The van der Waals surface area contributed by atoms with Crippen LogP contribution in [0.5, 0.6) is 0 Å². The van der Waals surface area contributed by atoms with Crippen molar-refractivity contribution in [2.45, 2.75) is 19.8 Å². The number of nitrogens with zero attached hydrogens (tertiary/aromatic N) is 4. The molecule has 122 valence electrons. The molecule has 8 nitrogen and oxygen atoms in total. The van der Waals surface area contributed by atoms with Crippen LogP contribution >= 0.6 is 0 Å². The van der Waals surface area contributed by atoms with Crippen molar-refractivity contribution < 1.29 is 14.2 Å². The number of morpholine rings is 1. The van der Waals surface area contributed by atoms with E-state index in [0.29, 0.717) is 49.3 Å². The van der Waals surface area contributed by atoms with Crippen LogP contribution in [-0.2, 0) is 4.74 Å². The Labute approximate surface area is 133 Å². The maximum absolute atomic E-state index is 11.4. The van der Waals surface area contributed by atoms with Gasteiger partial charge in [0, 0.05) is 30.6 Å². The molecular weight excluding hydrogens is 300 g/mol. The van der Waals surface area contributed by atoms with E-state index < -0.39 is 0 Å². The molecule has 0 atom stereocenters. The van der Waals surface area contributed by atoms with Gasteiger partial charge in [-0.25, -0.2) is 0 Å². The number of hydrogen-bond donors (Lipinski definition) is 0. The molecule has 0 unspecified atom stereocenters. The molecule has 0 amide bonds. The lowest BCUT2D eigenvalue weighted by Crippen LogP contribution is -2.36. The van der Waals surface area contributed by atoms with Gasteiger partial charge in [0.2, 0.25) is 0 Å². The van der Waals surface area contributed by atoms with E-state index in [1.807, 2.05) is 18.7 Å². The van der Waals surface area contributed by atoms with Crippen molar-refractivity contribution in [2.75, 3.05) is 31.2 Å². The number of hydrogen-bond acceptors (Lipinski definition) is 7. The Morgan fingerprint density at radius 3 is 2.65 bits per heavy atom. The van der Waals surface area contributed by atoms with Crippen molar-refractivity contribution in [1.29, 1.82) is 0 Å². The van der Waals surface area contributed by atoms with E-state index in [1.165, 1.54) is 6.07 Å². The fourth-order valence-corrected chi connectivity index (χ4v) is 2.46. The number of benzene rings is 1. The Morgan fingerprint density at radius 1 is 1.30 bits per heavy atom. The summed E-state index contributed by atoms with van der Waals surface area (Å²) in [6.07, 6.45) is 0. The van der Waals surface area contributed by atoms with Crippen LogP contribution in [0.25, 0.3) is 11.5 Å². The van der Waals surface area contributed by atoms with Crippen molar-refractivity contribution in [3.63, 3.8) is 0 Å². The standard InChI is InChI=1S/C15H18N4O4/c1-10(2)14-16-15(23-17-14)11-3-4-12(13(9-11)19(20)21)18-5-7-22-8-6-18/h3-4,9-10H,5-8H2,1-2H3. The van der Waals surface area contributed by atoms with Crippen LogP contribution in [0, 0.1) is 10.1 Å². The normalized spacial score (nSPS) is 15.2. The highest BCUT2D eigenvalue weighted by molar-refractivity contribution is 5.71. The van der Waals surface area contributed by atoms with Gasteiger partial charge in [0.1, 0.15) is 5.69 Å². The maximum Gasteiger partial charge on any atom is 0.293 e. The van der Waals surface area contributed by atoms with Crippen LogP contribution in [0.15, 0.2) is 22.7 Å². The number of rotatable bonds is 4. The Bertz CT molecular complexity index is 707. The molecule has 1 saturated heterocycles. The molecule has 23 heavy (non-hydrogen) atoms. The topological polar surface area (TPSA) is 94.5 Å². The van der Waals surface area contributed by atoms with Gasteiger partial charge < -0.3 is 14.2 Å². The molecule has 8 heteroatoms. The molecule has 1 aliphatic rings. The minimum absolute atomic E-state index is 0.0358. The summed E-state index contributed by atoms with van der Waals surface area (Å²) in [6, 6.07) is 5.00. The van der Waals surface area contributed by atoms with Crippen LogP contribution < -0.4 is 4.90 Å². The van der Waals surface area contributed by atoms with Crippen molar-refractivity contribution in [1.82, 2.24) is 10.1 Å². The van der Waals surface area contributed by atoms with E-state index >= 15 is 0 Å². The molecule has 0 bridgehead atoms. The second-order valence-corrected chi connectivity index (χ2v) is 5.67. The smallest absolute Gasteiger partial charge is 0.293 e. The first-order valence-corrected chi connectivity index (χ1v) is 7.51. The summed E-state index contributed by atoms with van der Waals surface area (Å²) in [5, 5.41) is 15.3. The van der Waals surface area contributed by atoms with Crippen molar-refractivity contribution in [3.05, 3.63) is 34.1 Å². The lowest BCUT2D eigenvalue weighted by Gasteiger charge is -2.28. The second-order valence-electron chi connectivity index (χ2n) is 5.67. The Morgan fingerprint density at radius 2 is 2.04 bits per heavy atom. The number of aromatic nitrogens is 2.